The molecule has 2 aromatic carbocycles. The van der Waals surface area contributed by atoms with Gasteiger partial charge in [-0.25, -0.2) is 0 Å². The Morgan fingerprint density at radius 3 is 2.56 bits per heavy atom. The molecule has 1 amide bonds. The number of nitrogens with one attached hydrogen (secondary N) is 2. The highest BCUT2D eigenvalue weighted by Gasteiger charge is 2.11. The van der Waals surface area contributed by atoms with Crippen molar-refractivity contribution in [2.24, 2.45) is 0 Å². The Morgan fingerprint density at radius 1 is 1.07 bits per heavy atom. The molecule has 0 fully saturated rings. The fourth-order valence-electron chi connectivity index (χ4n) is 2.30. The maximum Gasteiger partial charge on any atom is 0.306 e. The van der Waals surface area contributed by atoms with Crippen LogP contribution in [0.2, 0.25) is 5.02 Å². The lowest BCUT2D eigenvalue weighted by molar-refractivity contribution is -0.144. The summed E-state index contributed by atoms with van der Waals surface area (Å²) in [6, 6.07) is 15.1. The Kier molecular flexibility index (Phi) is 8.23. The van der Waals surface area contributed by atoms with Gasteiger partial charge in [-0.1, -0.05) is 48.0 Å². The van der Waals surface area contributed by atoms with Crippen molar-refractivity contribution in [2.45, 2.75) is 26.2 Å². The molecule has 7 heteroatoms. The quantitative estimate of drug-likeness (QED) is 0.538. The zero-order valence-corrected chi connectivity index (χ0v) is 16.5. The average Bonchev–Trinajstić information content (AvgIpc) is 2.64. The van der Waals surface area contributed by atoms with Crippen molar-refractivity contribution in [1.29, 1.82) is 0 Å². The van der Waals surface area contributed by atoms with E-state index in [1.807, 2.05) is 43.3 Å². The molecule has 0 atom stereocenters. The van der Waals surface area contributed by atoms with Crippen LogP contribution in [0.5, 0.6) is 0 Å². The third kappa shape index (κ3) is 7.37. The van der Waals surface area contributed by atoms with Gasteiger partial charge in [0.25, 0.3) is 0 Å². The number of hydrogen-bond donors (Lipinski definition) is 2. The van der Waals surface area contributed by atoms with Crippen molar-refractivity contribution in [1.82, 2.24) is 5.32 Å². The second-order valence-corrected chi connectivity index (χ2v) is 6.69. The lowest BCUT2D eigenvalue weighted by Gasteiger charge is -2.12. The van der Waals surface area contributed by atoms with Crippen LogP contribution in [-0.4, -0.2) is 23.6 Å². The van der Waals surface area contributed by atoms with Crippen LogP contribution in [0, 0.1) is 6.92 Å². The third-order valence-electron chi connectivity index (χ3n) is 3.82. The minimum atomic E-state index is -0.411. The first-order valence-electron chi connectivity index (χ1n) is 8.51. The molecular formula is C20H21ClN2O3S. The van der Waals surface area contributed by atoms with Crippen LogP contribution in [0.3, 0.4) is 0 Å². The van der Waals surface area contributed by atoms with Crippen molar-refractivity contribution < 1.29 is 14.3 Å². The molecular weight excluding hydrogens is 384 g/mol. The third-order valence-corrected chi connectivity index (χ3v) is 4.44. The molecule has 0 spiro atoms. The predicted molar refractivity (Wildman–Crippen MR) is 111 cm³/mol. The highest BCUT2D eigenvalue weighted by molar-refractivity contribution is 7.80. The van der Waals surface area contributed by atoms with Gasteiger partial charge in [-0.15, -0.1) is 0 Å². The Bertz CT molecular complexity index is 812. The van der Waals surface area contributed by atoms with Crippen LogP contribution in [0.1, 0.15) is 24.0 Å². The second-order valence-electron chi connectivity index (χ2n) is 5.87. The number of ether oxygens (including phenoxy) is 1. The maximum atomic E-state index is 11.9. The summed E-state index contributed by atoms with van der Waals surface area (Å²) in [5, 5.41) is 6.22. The monoisotopic (exact) mass is 404 g/mol. The van der Waals surface area contributed by atoms with E-state index in [1.54, 1.807) is 12.1 Å². The Balaban J connectivity index is 1.66. The molecule has 5 nitrogen and oxygen atoms in total. The molecule has 2 N–H and O–H groups in total. The number of thiocarbonyl (C=S) groups is 1. The summed E-state index contributed by atoms with van der Waals surface area (Å²) in [5.74, 6) is -0.766. The molecule has 0 aliphatic rings. The van der Waals surface area contributed by atoms with E-state index in [2.05, 4.69) is 10.6 Å². The SMILES string of the molecule is Cc1c(Cl)cccc1NC(=S)NC(=O)CCC(=O)OCCc1ccccc1. The van der Waals surface area contributed by atoms with E-state index in [4.69, 9.17) is 28.6 Å². The molecule has 0 radical (unpaired) electrons. The Morgan fingerprint density at radius 2 is 1.81 bits per heavy atom. The summed E-state index contributed by atoms with van der Waals surface area (Å²) >= 11 is 11.2. The van der Waals surface area contributed by atoms with Gasteiger partial charge in [0.1, 0.15) is 0 Å². The summed E-state index contributed by atoms with van der Waals surface area (Å²) in [5.41, 5.74) is 2.64. The van der Waals surface area contributed by atoms with Gasteiger partial charge in [0, 0.05) is 23.6 Å². The molecule has 0 aliphatic carbocycles. The van der Waals surface area contributed by atoms with E-state index in [0.29, 0.717) is 23.7 Å². The molecule has 0 bridgehead atoms. The number of rotatable bonds is 7. The molecule has 2 aromatic rings. The average molecular weight is 405 g/mol. The molecule has 0 saturated carbocycles. The first kappa shape index (κ1) is 20.9. The van der Waals surface area contributed by atoms with Gasteiger partial charge in [0.15, 0.2) is 5.11 Å². The number of esters is 1. The summed E-state index contributed by atoms with van der Waals surface area (Å²) < 4.78 is 5.14. The predicted octanol–water partition coefficient (Wildman–Crippen LogP) is 4.03. The molecule has 0 saturated heterocycles. The Labute approximate surface area is 169 Å². The van der Waals surface area contributed by atoms with Crippen LogP contribution >= 0.6 is 23.8 Å². The zero-order valence-electron chi connectivity index (χ0n) is 15.0. The van der Waals surface area contributed by atoms with E-state index >= 15 is 0 Å². The second kappa shape index (κ2) is 10.6. The highest BCUT2D eigenvalue weighted by Crippen LogP contribution is 2.22. The van der Waals surface area contributed by atoms with Crippen LogP contribution in [0.4, 0.5) is 5.69 Å². The minimum Gasteiger partial charge on any atom is -0.465 e. The number of carbonyl (C=O) groups is 2. The number of hydrogen-bond acceptors (Lipinski definition) is 4. The fourth-order valence-corrected chi connectivity index (χ4v) is 2.70. The fraction of sp³-hybridized carbons (Fsp3) is 0.250. The van der Waals surface area contributed by atoms with Crippen molar-refractivity contribution in [3.63, 3.8) is 0 Å². The van der Waals surface area contributed by atoms with E-state index in [9.17, 15) is 9.59 Å². The van der Waals surface area contributed by atoms with Crippen LogP contribution in [0.25, 0.3) is 0 Å². The molecule has 0 heterocycles. The van der Waals surface area contributed by atoms with Crippen LogP contribution in [-0.2, 0) is 20.7 Å². The number of amides is 1. The topological polar surface area (TPSA) is 67.4 Å². The number of halogens is 1. The van der Waals surface area contributed by atoms with E-state index < -0.39 is 5.97 Å². The number of carbonyl (C=O) groups excluding carboxylic acids is 2. The largest absolute Gasteiger partial charge is 0.465 e. The van der Waals surface area contributed by atoms with E-state index in [1.165, 1.54) is 0 Å². The van der Waals surface area contributed by atoms with Crippen LogP contribution < -0.4 is 10.6 Å². The molecule has 27 heavy (non-hydrogen) atoms. The molecule has 0 unspecified atom stereocenters. The molecule has 142 valence electrons. The van der Waals surface area contributed by atoms with Gasteiger partial charge in [0.2, 0.25) is 5.91 Å². The van der Waals surface area contributed by atoms with Gasteiger partial charge >= 0.3 is 5.97 Å². The number of benzene rings is 2. The zero-order chi connectivity index (χ0) is 19.6. The van der Waals surface area contributed by atoms with Gasteiger partial charge in [-0.3, -0.25) is 9.59 Å². The standard InChI is InChI=1S/C20H21ClN2O3S/c1-14-16(21)8-5-9-17(14)22-20(27)23-18(24)10-11-19(25)26-13-12-15-6-3-2-4-7-15/h2-9H,10-13H2,1H3,(H2,22,23,24,27). The maximum absolute atomic E-state index is 11.9. The van der Waals surface area contributed by atoms with Gasteiger partial charge < -0.3 is 15.4 Å². The summed E-state index contributed by atoms with van der Waals surface area (Å²) in [6.07, 6.45) is 0.645. The lowest BCUT2D eigenvalue weighted by atomic mass is 10.2. The van der Waals surface area contributed by atoms with Gasteiger partial charge in [-0.2, -0.15) is 0 Å². The lowest BCUT2D eigenvalue weighted by Crippen LogP contribution is -2.34. The van der Waals surface area contributed by atoms with Crippen molar-refractivity contribution in [3.05, 3.63) is 64.7 Å². The first-order chi connectivity index (χ1) is 13.0. The Hall–Kier alpha value is -2.44. The highest BCUT2D eigenvalue weighted by atomic mass is 35.5. The number of anilines is 1. The smallest absolute Gasteiger partial charge is 0.306 e. The van der Waals surface area contributed by atoms with Crippen molar-refractivity contribution in [2.75, 3.05) is 11.9 Å². The van der Waals surface area contributed by atoms with Crippen molar-refractivity contribution in [3.8, 4) is 0 Å². The normalized spacial score (nSPS) is 10.1. The first-order valence-corrected chi connectivity index (χ1v) is 9.30. The van der Waals surface area contributed by atoms with Crippen molar-refractivity contribution >= 4 is 46.5 Å². The van der Waals surface area contributed by atoms with Crippen LogP contribution in [0.15, 0.2) is 48.5 Å². The summed E-state index contributed by atoms with van der Waals surface area (Å²) in [6.45, 7) is 2.14. The van der Waals surface area contributed by atoms with E-state index in [0.717, 1.165) is 11.1 Å². The van der Waals surface area contributed by atoms with Gasteiger partial charge in [0.05, 0.1) is 13.0 Å². The summed E-state index contributed by atoms with van der Waals surface area (Å²) in [4.78, 5) is 23.7. The molecule has 0 aliphatic heterocycles. The molecule has 0 aromatic heterocycles. The van der Waals surface area contributed by atoms with E-state index in [-0.39, 0.29) is 23.9 Å². The summed E-state index contributed by atoms with van der Waals surface area (Å²) in [7, 11) is 0. The van der Waals surface area contributed by atoms with Gasteiger partial charge in [-0.05, 0) is 42.4 Å². The minimum absolute atomic E-state index is 0.000514. The molecule has 2 rings (SSSR count).